The molecule has 2 N–H and O–H groups in total. The van der Waals surface area contributed by atoms with E-state index in [0.29, 0.717) is 6.04 Å². The van der Waals surface area contributed by atoms with Crippen LogP contribution in [0.25, 0.3) is 11.0 Å². The molecule has 0 aliphatic heterocycles. The molecular formula is C12H17N3. The van der Waals surface area contributed by atoms with Crippen LogP contribution in [0.4, 0.5) is 5.69 Å². The van der Waals surface area contributed by atoms with Crippen LogP contribution >= 0.6 is 0 Å². The summed E-state index contributed by atoms with van der Waals surface area (Å²) in [4.78, 5) is 4.60. The summed E-state index contributed by atoms with van der Waals surface area (Å²) in [6.45, 7) is 6.48. The Morgan fingerprint density at radius 1 is 1.40 bits per heavy atom. The Labute approximate surface area is 89.9 Å². The van der Waals surface area contributed by atoms with Crippen molar-refractivity contribution in [2.45, 2.75) is 33.2 Å². The number of hydrogen-bond donors (Lipinski definition) is 1. The Hall–Kier alpha value is -1.51. The van der Waals surface area contributed by atoms with E-state index in [0.717, 1.165) is 23.4 Å². The van der Waals surface area contributed by atoms with E-state index in [1.54, 1.807) is 0 Å². The number of benzene rings is 1. The zero-order valence-electron chi connectivity index (χ0n) is 9.49. The fraction of sp³-hybridized carbons (Fsp3) is 0.417. The van der Waals surface area contributed by atoms with Crippen molar-refractivity contribution < 1.29 is 0 Å². The summed E-state index contributed by atoms with van der Waals surface area (Å²) >= 11 is 0. The molecule has 0 bridgehead atoms. The van der Waals surface area contributed by atoms with E-state index in [1.807, 2.05) is 12.1 Å². The number of nitrogens with two attached hydrogens (primary N) is 1. The fourth-order valence-electron chi connectivity index (χ4n) is 1.99. The zero-order valence-corrected chi connectivity index (χ0v) is 9.49. The topological polar surface area (TPSA) is 43.8 Å². The largest absolute Gasteiger partial charge is 0.399 e. The van der Waals surface area contributed by atoms with Gasteiger partial charge in [0, 0.05) is 18.2 Å². The molecule has 0 amide bonds. The van der Waals surface area contributed by atoms with Gasteiger partial charge in [0.15, 0.2) is 0 Å². The molecule has 1 aromatic heterocycles. The second kappa shape index (κ2) is 3.57. The van der Waals surface area contributed by atoms with Crippen LogP contribution in [0.2, 0.25) is 0 Å². The highest BCUT2D eigenvalue weighted by Crippen LogP contribution is 2.23. The van der Waals surface area contributed by atoms with E-state index in [9.17, 15) is 0 Å². The van der Waals surface area contributed by atoms with Crippen molar-refractivity contribution in [3.63, 3.8) is 0 Å². The molecular weight excluding hydrogens is 186 g/mol. The number of nitrogen functional groups attached to an aromatic ring is 1. The molecule has 15 heavy (non-hydrogen) atoms. The number of anilines is 1. The van der Waals surface area contributed by atoms with E-state index in [-0.39, 0.29) is 0 Å². The predicted molar refractivity (Wildman–Crippen MR) is 63.9 cm³/mol. The lowest BCUT2D eigenvalue weighted by Crippen LogP contribution is -2.05. The summed E-state index contributed by atoms with van der Waals surface area (Å²) in [5.41, 5.74) is 8.71. The highest BCUT2D eigenvalue weighted by Gasteiger charge is 2.11. The number of rotatable bonds is 2. The van der Waals surface area contributed by atoms with Crippen LogP contribution in [0.1, 0.15) is 32.6 Å². The Morgan fingerprint density at radius 3 is 2.73 bits per heavy atom. The highest BCUT2D eigenvalue weighted by atomic mass is 15.1. The first-order valence-electron chi connectivity index (χ1n) is 5.39. The highest BCUT2D eigenvalue weighted by molar-refractivity contribution is 5.79. The van der Waals surface area contributed by atoms with Gasteiger partial charge in [0.2, 0.25) is 0 Å². The quantitative estimate of drug-likeness (QED) is 0.763. The minimum atomic E-state index is 0.438. The predicted octanol–water partition coefficient (Wildman–Crippen LogP) is 2.76. The van der Waals surface area contributed by atoms with Gasteiger partial charge in [-0.3, -0.25) is 0 Å². The van der Waals surface area contributed by atoms with E-state index >= 15 is 0 Å². The van der Waals surface area contributed by atoms with E-state index in [4.69, 9.17) is 5.73 Å². The maximum absolute atomic E-state index is 5.75. The molecule has 2 aromatic rings. The van der Waals surface area contributed by atoms with Crippen molar-refractivity contribution in [1.29, 1.82) is 0 Å². The molecule has 0 atom stereocenters. The van der Waals surface area contributed by atoms with Gasteiger partial charge in [-0.25, -0.2) is 4.98 Å². The van der Waals surface area contributed by atoms with Gasteiger partial charge in [-0.05, 0) is 32.0 Å². The van der Waals surface area contributed by atoms with Crippen molar-refractivity contribution in [2.75, 3.05) is 5.73 Å². The van der Waals surface area contributed by atoms with Gasteiger partial charge in [-0.1, -0.05) is 6.92 Å². The molecule has 0 radical (unpaired) electrons. The smallest absolute Gasteiger partial charge is 0.109 e. The third-order valence-corrected chi connectivity index (χ3v) is 2.62. The minimum absolute atomic E-state index is 0.438. The van der Waals surface area contributed by atoms with E-state index in [2.05, 4.69) is 36.4 Å². The first-order valence-corrected chi connectivity index (χ1v) is 5.39. The van der Waals surface area contributed by atoms with Gasteiger partial charge in [0.1, 0.15) is 5.82 Å². The van der Waals surface area contributed by atoms with Gasteiger partial charge in [-0.2, -0.15) is 0 Å². The van der Waals surface area contributed by atoms with Crippen LogP contribution in [0.15, 0.2) is 18.2 Å². The Balaban J connectivity index is 2.74. The first kappa shape index (κ1) is 10.0. The third-order valence-electron chi connectivity index (χ3n) is 2.62. The number of imidazole rings is 1. The summed E-state index contributed by atoms with van der Waals surface area (Å²) in [6.07, 6.45) is 0.951. The van der Waals surface area contributed by atoms with E-state index in [1.165, 1.54) is 5.52 Å². The summed E-state index contributed by atoms with van der Waals surface area (Å²) in [5.74, 6) is 1.13. The van der Waals surface area contributed by atoms with Crippen LogP contribution in [0.5, 0.6) is 0 Å². The van der Waals surface area contributed by atoms with Gasteiger partial charge in [0.25, 0.3) is 0 Å². The second-order valence-corrected chi connectivity index (χ2v) is 4.09. The molecule has 0 aliphatic rings. The lowest BCUT2D eigenvalue weighted by Gasteiger charge is -2.11. The second-order valence-electron chi connectivity index (χ2n) is 4.09. The van der Waals surface area contributed by atoms with Crippen LogP contribution in [0, 0.1) is 0 Å². The van der Waals surface area contributed by atoms with Crippen molar-refractivity contribution in [2.24, 2.45) is 0 Å². The molecule has 1 aromatic carbocycles. The van der Waals surface area contributed by atoms with Crippen LogP contribution in [-0.2, 0) is 6.42 Å². The van der Waals surface area contributed by atoms with Gasteiger partial charge >= 0.3 is 0 Å². The molecule has 0 saturated carbocycles. The molecule has 0 aliphatic carbocycles. The minimum Gasteiger partial charge on any atom is -0.399 e. The standard InChI is InChI=1S/C12H17N3/c1-4-12-14-10-7-9(13)5-6-11(10)15(12)8(2)3/h5-8H,4,13H2,1-3H3. The molecule has 0 saturated heterocycles. The molecule has 2 rings (SSSR count). The molecule has 3 heteroatoms. The van der Waals surface area contributed by atoms with Crippen LogP contribution < -0.4 is 5.73 Å². The summed E-state index contributed by atoms with van der Waals surface area (Å²) in [7, 11) is 0. The molecule has 80 valence electrons. The van der Waals surface area contributed by atoms with Crippen molar-refractivity contribution in [1.82, 2.24) is 9.55 Å². The number of fused-ring (bicyclic) bond motifs is 1. The Bertz CT molecular complexity index is 483. The molecule has 1 heterocycles. The molecule has 0 fully saturated rings. The first-order chi connectivity index (χ1) is 7.13. The van der Waals surface area contributed by atoms with Crippen LogP contribution in [0.3, 0.4) is 0 Å². The maximum Gasteiger partial charge on any atom is 0.109 e. The SMILES string of the molecule is CCc1nc2cc(N)ccc2n1C(C)C. The zero-order chi connectivity index (χ0) is 11.0. The van der Waals surface area contributed by atoms with Crippen molar-refractivity contribution in [3.05, 3.63) is 24.0 Å². The van der Waals surface area contributed by atoms with Gasteiger partial charge in [-0.15, -0.1) is 0 Å². The third kappa shape index (κ3) is 1.58. The molecule has 0 unspecified atom stereocenters. The normalized spacial score (nSPS) is 11.5. The van der Waals surface area contributed by atoms with Gasteiger partial charge < -0.3 is 10.3 Å². The van der Waals surface area contributed by atoms with Gasteiger partial charge in [0.05, 0.1) is 11.0 Å². The van der Waals surface area contributed by atoms with Crippen LogP contribution in [-0.4, -0.2) is 9.55 Å². The number of nitrogens with zero attached hydrogens (tertiary/aromatic N) is 2. The fourth-order valence-corrected chi connectivity index (χ4v) is 1.99. The number of aryl methyl sites for hydroxylation is 1. The average Bonchev–Trinajstić information content (AvgIpc) is 2.54. The Morgan fingerprint density at radius 2 is 2.13 bits per heavy atom. The number of aromatic nitrogens is 2. The molecule has 0 spiro atoms. The Kier molecular flexibility index (Phi) is 2.39. The van der Waals surface area contributed by atoms with Crippen molar-refractivity contribution >= 4 is 16.7 Å². The maximum atomic E-state index is 5.75. The average molecular weight is 203 g/mol. The van der Waals surface area contributed by atoms with E-state index < -0.39 is 0 Å². The monoisotopic (exact) mass is 203 g/mol. The summed E-state index contributed by atoms with van der Waals surface area (Å²) in [6, 6.07) is 6.36. The lowest BCUT2D eigenvalue weighted by molar-refractivity contribution is 0.588. The summed E-state index contributed by atoms with van der Waals surface area (Å²) < 4.78 is 2.27. The number of hydrogen-bond acceptors (Lipinski definition) is 2. The lowest BCUT2D eigenvalue weighted by atomic mass is 10.2. The van der Waals surface area contributed by atoms with Crippen molar-refractivity contribution in [3.8, 4) is 0 Å². The summed E-state index contributed by atoms with van der Waals surface area (Å²) in [5, 5.41) is 0. The molecule has 3 nitrogen and oxygen atoms in total.